The summed E-state index contributed by atoms with van der Waals surface area (Å²) in [6.45, 7) is 3.39. The third kappa shape index (κ3) is 3.22. The maximum Gasteiger partial charge on any atom is 0.341 e. The molecule has 0 aliphatic rings. The van der Waals surface area contributed by atoms with Crippen molar-refractivity contribution >= 4 is 17.4 Å². The number of nitrogens with zero attached hydrogens (tertiary/aromatic N) is 1. The van der Waals surface area contributed by atoms with Gasteiger partial charge in [0, 0.05) is 5.56 Å². The first kappa shape index (κ1) is 18.3. The molecule has 0 N–H and O–H groups in total. The minimum absolute atomic E-state index is 0.106. The number of carbonyl (C=O) groups is 2. The maximum absolute atomic E-state index is 14.1. The standard InChI is InChI=1S/C14H12F3NO5/c1-4-7(14(20)23-5-2)13(19)8-9(15)6(3)10(16)11(17)12(8)18(21)22/h4H,5H2,1-3H3. The fourth-order valence-electron chi connectivity index (χ4n) is 1.83. The number of allylic oxidation sites excluding steroid dienone is 1. The summed E-state index contributed by atoms with van der Waals surface area (Å²) in [5.41, 5.74) is -4.62. The van der Waals surface area contributed by atoms with Gasteiger partial charge in [-0.1, -0.05) is 6.08 Å². The predicted octanol–water partition coefficient (Wildman–Crippen LogP) is 3.01. The molecule has 0 spiro atoms. The molecule has 23 heavy (non-hydrogen) atoms. The molecule has 1 rings (SSSR count). The molecule has 0 radical (unpaired) electrons. The Balaban J connectivity index is 3.68. The van der Waals surface area contributed by atoms with Crippen LogP contribution in [0.2, 0.25) is 0 Å². The number of Topliss-reactive ketones (excluding diaryl/α,β-unsaturated/α-hetero) is 1. The number of esters is 1. The molecule has 0 aliphatic heterocycles. The first-order valence-corrected chi connectivity index (χ1v) is 6.38. The van der Waals surface area contributed by atoms with Crippen molar-refractivity contribution in [3.05, 3.63) is 50.3 Å². The number of halogens is 3. The van der Waals surface area contributed by atoms with E-state index in [1.807, 2.05) is 0 Å². The Hall–Kier alpha value is -2.71. The Bertz CT molecular complexity index is 728. The van der Waals surface area contributed by atoms with E-state index < -0.39 is 56.5 Å². The van der Waals surface area contributed by atoms with Crippen LogP contribution >= 0.6 is 0 Å². The van der Waals surface area contributed by atoms with Crippen molar-refractivity contribution in [2.45, 2.75) is 20.8 Å². The molecule has 1 aromatic carbocycles. The van der Waals surface area contributed by atoms with E-state index in [0.29, 0.717) is 0 Å². The van der Waals surface area contributed by atoms with Crippen LogP contribution in [0.1, 0.15) is 29.8 Å². The van der Waals surface area contributed by atoms with Gasteiger partial charge < -0.3 is 4.74 Å². The summed E-state index contributed by atoms with van der Waals surface area (Å²) >= 11 is 0. The fraction of sp³-hybridized carbons (Fsp3) is 0.286. The molecule has 0 saturated carbocycles. The molecule has 0 atom stereocenters. The molecule has 6 nitrogen and oxygen atoms in total. The van der Waals surface area contributed by atoms with E-state index in [9.17, 15) is 32.9 Å². The van der Waals surface area contributed by atoms with Crippen molar-refractivity contribution in [1.82, 2.24) is 0 Å². The highest BCUT2D eigenvalue weighted by molar-refractivity contribution is 6.25. The average Bonchev–Trinajstić information content (AvgIpc) is 2.48. The summed E-state index contributed by atoms with van der Waals surface area (Å²) < 4.78 is 46.0. The summed E-state index contributed by atoms with van der Waals surface area (Å²) in [5.74, 6) is -7.97. The highest BCUT2D eigenvalue weighted by Gasteiger charge is 2.37. The van der Waals surface area contributed by atoms with Crippen LogP contribution < -0.4 is 0 Å². The Morgan fingerprint density at radius 1 is 1.22 bits per heavy atom. The minimum atomic E-state index is -1.98. The molecule has 0 aromatic heterocycles. The third-order valence-corrected chi connectivity index (χ3v) is 2.95. The molecule has 0 saturated heterocycles. The summed E-state index contributed by atoms with van der Waals surface area (Å²) in [5, 5.41) is 10.9. The van der Waals surface area contributed by atoms with Crippen LogP contribution in [0.3, 0.4) is 0 Å². The molecule has 0 bridgehead atoms. The number of benzene rings is 1. The molecule has 1 aromatic rings. The first-order valence-electron chi connectivity index (χ1n) is 6.38. The van der Waals surface area contributed by atoms with E-state index in [-0.39, 0.29) is 6.61 Å². The zero-order valence-electron chi connectivity index (χ0n) is 12.4. The van der Waals surface area contributed by atoms with Crippen LogP contribution in [0.5, 0.6) is 0 Å². The molecular formula is C14H12F3NO5. The van der Waals surface area contributed by atoms with Gasteiger partial charge in [0.25, 0.3) is 0 Å². The Morgan fingerprint density at radius 3 is 2.22 bits per heavy atom. The van der Waals surface area contributed by atoms with Gasteiger partial charge in [-0.25, -0.2) is 13.6 Å². The number of hydrogen-bond donors (Lipinski definition) is 0. The van der Waals surface area contributed by atoms with Crippen molar-refractivity contribution in [2.75, 3.05) is 6.61 Å². The van der Waals surface area contributed by atoms with Crippen molar-refractivity contribution in [3.8, 4) is 0 Å². The number of ether oxygens (including phenoxy) is 1. The SMILES string of the molecule is CC=C(C(=O)OCC)C(=O)c1c(F)c(C)c(F)c(F)c1[N+](=O)[O-]. The Kier molecular flexibility index (Phi) is 5.61. The molecule has 0 amide bonds. The smallest absolute Gasteiger partial charge is 0.341 e. The van der Waals surface area contributed by atoms with Crippen molar-refractivity contribution < 1.29 is 32.4 Å². The maximum atomic E-state index is 14.1. The lowest BCUT2D eigenvalue weighted by Crippen LogP contribution is -2.20. The first-order chi connectivity index (χ1) is 10.7. The number of nitro benzene ring substituents is 1. The summed E-state index contributed by atoms with van der Waals surface area (Å²) in [4.78, 5) is 33.4. The molecule has 0 aliphatic carbocycles. The van der Waals surface area contributed by atoms with E-state index in [1.54, 1.807) is 0 Å². The summed E-state index contributed by atoms with van der Waals surface area (Å²) in [7, 11) is 0. The van der Waals surface area contributed by atoms with Gasteiger partial charge in [-0.15, -0.1) is 0 Å². The Morgan fingerprint density at radius 2 is 1.78 bits per heavy atom. The zero-order valence-corrected chi connectivity index (χ0v) is 12.4. The van der Waals surface area contributed by atoms with Crippen molar-refractivity contribution in [2.24, 2.45) is 0 Å². The third-order valence-electron chi connectivity index (χ3n) is 2.95. The van der Waals surface area contributed by atoms with Crippen LogP contribution in [0, 0.1) is 34.5 Å². The van der Waals surface area contributed by atoms with Gasteiger partial charge in [-0.05, 0) is 20.8 Å². The quantitative estimate of drug-likeness (QED) is 0.121. The van der Waals surface area contributed by atoms with Crippen LogP contribution in [0.25, 0.3) is 0 Å². The molecule has 9 heteroatoms. The lowest BCUT2D eigenvalue weighted by molar-refractivity contribution is -0.388. The predicted molar refractivity (Wildman–Crippen MR) is 72.4 cm³/mol. The number of rotatable bonds is 5. The van der Waals surface area contributed by atoms with Crippen molar-refractivity contribution in [1.29, 1.82) is 0 Å². The van der Waals surface area contributed by atoms with Gasteiger partial charge in [0.2, 0.25) is 11.6 Å². The molecule has 124 valence electrons. The van der Waals surface area contributed by atoms with Gasteiger partial charge in [0.05, 0.1) is 11.5 Å². The number of hydrogen-bond acceptors (Lipinski definition) is 5. The van der Waals surface area contributed by atoms with Crippen LogP contribution in [0.15, 0.2) is 11.6 Å². The second-order valence-corrected chi connectivity index (χ2v) is 4.30. The van der Waals surface area contributed by atoms with E-state index in [4.69, 9.17) is 0 Å². The van der Waals surface area contributed by atoms with Crippen LogP contribution in [-0.2, 0) is 9.53 Å². The monoisotopic (exact) mass is 331 g/mol. The molecular weight excluding hydrogens is 319 g/mol. The summed E-state index contributed by atoms with van der Waals surface area (Å²) in [6, 6.07) is 0. The number of carbonyl (C=O) groups excluding carboxylic acids is 2. The second-order valence-electron chi connectivity index (χ2n) is 4.30. The minimum Gasteiger partial charge on any atom is -0.462 e. The number of nitro groups is 1. The van der Waals surface area contributed by atoms with Crippen LogP contribution in [-0.4, -0.2) is 23.3 Å². The van der Waals surface area contributed by atoms with E-state index in [1.165, 1.54) is 13.8 Å². The fourth-order valence-corrected chi connectivity index (χ4v) is 1.83. The van der Waals surface area contributed by atoms with Gasteiger partial charge in [-0.3, -0.25) is 14.9 Å². The lowest BCUT2D eigenvalue weighted by atomic mass is 9.98. The lowest BCUT2D eigenvalue weighted by Gasteiger charge is -2.10. The average molecular weight is 331 g/mol. The topological polar surface area (TPSA) is 86.5 Å². The molecule has 0 heterocycles. The molecule has 0 fully saturated rings. The highest BCUT2D eigenvalue weighted by Crippen LogP contribution is 2.32. The zero-order chi connectivity index (χ0) is 17.9. The second kappa shape index (κ2) is 7.03. The Labute approximate surface area is 128 Å². The number of ketones is 1. The summed E-state index contributed by atoms with van der Waals surface area (Å²) in [6.07, 6.45) is 0.945. The molecule has 0 unspecified atom stereocenters. The largest absolute Gasteiger partial charge is 0.462 e. The van der Waals surface area contributed by atoms with Gasteiger partial charge in [0.1, 0.15) is 17.0 Å². The van der Waals surface area contributed by atoms with Gasteiger partial charge >= 0.3 is 11.7 Å². The highest BCUT2D eigenvalue weighted by atomic mass is 19.2. The van der Waals surface area contributed by atoms with E-state index >= 15 is 0 Å². The van der Waals surface area contributed by atoms with E-state index in [2.05, 4.69) is 4.74 Å². The van der Waals surface area contributed by atoms with Crippen LogP contribution in [0.4, 0.5) is 18.9 Å². The van der Waals surface area contributed by atoms with E-state index in [0.717, 1.165) is 13.0 Å². The van der Waals surface area contributed by atoms with Crippen molar-refractivity contribution in [3.63, 3.8) is 0 Å². The van der Waals surface area contributed by atoms with Gasteiger partial charge in [-0.2, -0.15) is 4.39 Å². The van der Waals surface area contributed by atoms with Gasteiger partial charge in [0.15, 0.2) is 5.82 Å². The normalized spacial score (nSPS) is 11.3.